The van der Waals surface area contributed by atoms with E-state index in [2.05, 4.69) is 4.98 Å². The van der Waals surface area contributed by atoms with E-state index in [0.717, 1.165) is 25.7 Å². The summed E-state index contributed by atoms with van der Waals surface area (Å²) in [6, 6.07) is 1.57. The number of ether oxygens (including phenoxy) is 2. The Morgan fingerprint density at radius 3 is 2.68 bits per heavy atom. The van der Waals surface area contributed by atoms with Crippen LogP contribution in [0.4, 0.5) is 8.78 Å². The fraction of sp³-hybridized carbons (Fsp3) is 0.562. The zero-order chi connectivity index (χ0) is 15.7. The molecule has 0 atom stereocenters. The number of aromatic nitrogens is 2. The van der Waals surface area contributed by atoms with Crippen molar-refractivity contribution in [2.24, 2.45) is 7.05 Å². The Balaban J connectivity index is 1.98. The van der Waals surface area contributed by atoms with Crippen LogP contribution in [0.25, 0.3) is 11.0 Å². The predicted octanol–water partition coefficient (Wildman–Crippen LogP) is 3.96. The van der Waals surface area contributed by atoms with E-state index in [0.29, 0.717) is 11.5 Å². The quantitative estimate of drug-likeness (QED) is 0.857. The molecule has 3 rings (SSSR count). The first kappa shape index (κ1) is 15.1. The lowest BCUT2D eigenvalue weighted by molar-refractivity contribution is 0.138. The molecular formula is C16H20F2N2O2. The molecule has 0 unspecified atom stereocenters. The summed E-state index contributed by atoms with van der Waals surface area (Å²) in [6.07, 6.45) is 5.54. The van der Waals surface area contributed by atoms with E-state index in [1.807, 2.05) is 0 Å². The Morgan fingerprint density at radius 2 is 2.00 bits per heavy atom. The number of nitrogens with zero attached hydrogens (tertiary/aromatic N) is 2. The number of imidazole rings is 1. The highest BCUT2D eigenvalue weighted by Gasteiger charge is 2.23. The molecule has 1 aromatic heterocycles. The second-order valence-corrected chi connectivity index (χ2v) is 5.63. The lowest BCUT2D eigenvalue weighted by Gasteiger charge is -2.22. The van der Waals surface area contributed by atoms with E-state index in [1.54, 1.807) is 18.5 Å². The summed E-state index contributed by atoms with van der Waals surface area (Å²) >= 11 is 0. The summed E-state index contributed by atoms with van der Waals surface area (Å²) in [5.41, 5.74) is 0.447. The van der Waals surface area contributed by atoms with E-state index < -0.39 is 11.6 Å². The number of halogens is 2. The van der Waals surface area contributed by atoms with Crippen LogP contribution in [0, 0.1) is 11.6 Å². The zero-order valence-electron chi connectivity index (χ0n) is 12.9. The standard InChI is InChI=1S/C16H20F2N2O2/c1-3-21-15-11(17)9-12-14(13(15)18)19-16(20(12)2)22-10-7-5-4-6-8-10/h9-10H,3-8H2,1-2H3. The molecule has 0 amide bonds. The molecule has 1 saturated carbocycles. The van der Waals surface area contributed by atoms with Crippen LogP contribution < -0.4 is 9.47 Å². The molecule has 0 spiro atoms. The normalized spacial score (nSPS) is 16.2. The minimum absolute atomic E-state index is 0.0816. The maximum Gasteiger partial charge on any atom is 0.297 e. The fourth-order valence-electron chi connectivity index (χ4n) is 2.93. The molecule has 2 aromatic rings. The molecule has 1 heterocycles. The Bertz CT molecular complexity index is 679. The van der Waals surface area contributed by atoms with Crippen molar-refractivity contribution in [2.75, 3.05) is 6.61 Å². The smallest absolute Gasteiger partial charge is 0.297 e. The fourth-order valence-corrected chi connectivity index (χ4v) is 2.93. The van der Waals surface area contributed by atoms with Crippen LogP contribution in [0.15, 0.2) is 6.07 Å². The Hall–Kier alpha value is -1.85. The molecule has 1 aliphatic rings. The van der Waals surface area contributed by atoms with Crippen molar-refractivity contribution in [1.29, 1.82) is 0 Å². The number of hydrogen-bond acceptors (Lipinski definition) is 3. The minimum Gasteiger partial charge on any atom is -0.488 e. The van der Waals surface area contributed by atoms with E-state index >= 15 is 0 Å². The first-order valence-electron chi connectivity index (χ1n) is 7.75. The van der Waals surface area contributed by atoms with Crippen molar-refractivity contribution in [3.05, 3.63) is 17.7 Å². The van der Waals surface area contributed by atoms with Gasteiger partial charge in [-0.3, -0.25) is 4.57 Å². The van der Waals surface area contributed by atoms with Gasteiger partial charge in [0.15, 0.2) is 17.4 Å². The molecule has 0 N–H and O–H groups in total. The molecule has 22 heavy (non-hydrogen) atoms. The molecule has 0 bridgehead atoms. The number of benzene rings is 1. The van der Waals surface area contributed by atoms with E-state index in [9.17, 15) is 8.78 Å². The van der Waals surface area contributed by atoms with Crippen molar-refractivity contribution in [3.63, 3.8) is 0 Å². The van der Waals surface area contributed by atoms with Crippen molar-refractivity contribution in [1.82, 2.24) is 9.55 Å². The Morgan fingerprint density at radius 1 is 1.27 bits per heavy atom. The number of rotatable bonds is 4. The molecule has 1 aliphatic carbocycles. The molecule has 0 aliphatic heterocycles. The van der Waals surface area contributed by atoms with Gasteiger partial charge in [-0.15, -0.1) is 0 Å². The average molecular weight is 310 g/mol. The third kappa shape index (κ3) is 2.62. The Kier molecular flexibility index (Phi) is 4.18. The topological polar surface area (TPSA) is 36.3 Å². The third-order valence-corrected chi connectivity index (χ3v) is 4.10. The second kappa shape index (κ2) is 6.10. The highest BCUT2D eigenvalue weighted by molar-refractivity contribution is 5.79. The third-order valence-electron chi connectivity index (χ3n) is 4.10. The SMILES string of the molecule is CCOc1c(F)cc2c(nc(OC3CCCCC3)n2C)c1F. The first-order chi connectivity index (χ1) is 10.6. The predicted molar refractivity (Wildman–Crippen MR) is 79.3 cm³/mol. The van der Waals surface area contributed by atoms with E-state index in [-0.39, 0.29) is 24.0 Å². The summed E-state index contributed by atoms with van der Waals surface area (Å²) in [5, 5.41) is 0. The van der Waals surface area contributed by atoms with Crippen LogP contribution in [-0.4, -0.2) is 22.3 Å². The molecule has 0 saturated heterocycles. The van der Waals surface area contributed by atoms with E-state index in [1.165, 1.54) is 12.5 Å². The summed E-state index contributed by atoms with van der Waals surface area (Å²) < 4.78 is 40.9. The highest BCUT2D eigenvalue weighted by atomic mass is 19.1. The van der Waals surface area contributed by atoms with Crippen LogP contribution in [0.1, 0.15) is 39.0 Å². The monoisotopic (exact) mass is 310 g/mol. The summed E-state index contributed by atoms with van der Waals surface area (Å²) in [7, 11) is 1.70. The summed E-state index contributed by atoms with van der Waals surface area (Å²) in [5.74, 6) is -1.87. The first-order valence-corrected chi connectivity index (χ1v) is 7.75. The largest absolute Gasteiger partial charge is 0.488 e. The van der Waals surface area contributed by atoms with Gasteiger partial charge < -0.3 is 9.47 Å². The summed E-state index contributed by atoms with van der Waals surface area (Å²) in [4.78, 5) is 4.21. The number of hydrogen-bond donors (Lipinski definition) is 0. The molecule has 1 aromatic carbocycles. The van der Waals surface area contributed by atoms with E-state index in [4.69, 9.17) is 9.47 Å². The van der Waals surface area contributed by atoms with Gasteiger partial charge in [0.25, 0.3) is 6.01 Å². The van der Waals surface area contributed by atoms with Crippen LogP contribution in [0.5, 0.6) is 11.8 Å². The average Bonchev–Trinajstić information content (AvgIpc) is 2.82. The van der Waals surface area contributed by atoms with Crippen LogP contribution in [0.3, 0.4) is 0 Å². The second-order valence-electron chi connectivity index (χ2n) is 5.63. The molecule has 6 heteroatoms. The lowest BCUT2D eigenvalue weighted by atomic mass is 9.98. The lowest BCUT2D eigenvalue weighted by Crippen LogP contribution is -2.21. The van der Waals surface area contributed by atoms with Crippen molar-refractivity contribution < 1.29 is 18.3 Å². The van der Waals surface area contributed by atoms with Crippen LogP contribution in [-0.2, 0) is 7.05 Å². The van der Waals surface area contributed by atoms with Crippen LogP contribution >= 0.6 is 0 Å². The molecule has 0 radical (unpaired) electrons. The van der Waals surface area contributed by atoms with Gasteiger partial charge in [0, 0.05) is 13.1 Å². The molecule has 120 valence electrons. The van der Waals surface area contributed by atoms with Crippen LogP contribution in [0.2, 0.25) is 0 Å². The Labute approximate surface area is 128 Å². The van der Waals surface area contributed by atoms with Gasteiger partial charge in [0.2, 0.25) is 0 Å². The van der Waals surface area contributed by atoms with Crippen molar-refractivity contribution >= 4 is 11.0 Å². The maximum atomic E-state index is 14.4. The zero-order valence-corrected chi connectivity index (χ0v) is 12.9. The van der Waals surface area contributed by atoms with Gasteiger partial charge in [-0.05, 0) is 32.6 Å². The van der Waals surface area contributed by atoms with Gasteiger partial charge in [-0.2, -0.15) is 4.98 Å². The van der Waals surface area contributed by atoms with Gasteiger partial charge in [0.1, 0.15) is 11.6 Å². The summed E-state index contributed by atoms with van der Waals surface area (Å²) in [6.45, 7) is 1.87. The minimum atomic E-state index is -0.772. The molecule has 1 fully saturated rings. The van der Waals surface area contributed by atoms with Gasteiger partial charge in [-0.1, -0.05) is 6.42 Å². The number of aryl methyl sites for hydroxylation is 1. The highest BCUT2D eigenvalue weighted by Crippen LogP contribution is 2.32. The van der Waals surface area contributed by atoms with Crippen molar-refractivity contribution in [2.45, 2.75) is 45.1 Å². The van der Waals surface area contributed by atoms with Gasteiger partial charge in [0.05, 0.1) is 12.1 Å². The number of fused-ring (bicyclic) bond motifs is 1. The molecule has 4 nitrogen and oxygen atoms in total. The molecular weight excluding hydrogens is 290 g/mol. The van der Waals surface area contributed by atoms with Gasteiger partial charge in [-0.25, -0.2) is 8.78 Å². The van der Waals surface area contributed by atoms with Gasteiger partial charge >= 0.3 is 0 Å². The van der Waals surface area contributed by atoms with Crippen molar-refractivity contribution in [3.8, 4) is 11.8 Å². The maximum absolute atomic E-state index is 14.4.